The first-order chi connectivity index (χ1) is 9.34. The summed E-state index contributed by atoms with van der Waals surface area (Å²) < 4.78 is 1.90. The summed E-state index contributed by atoms with van der Waals surface area (Å²) in [4.78, 5) is 7.02. The van der Waals surface area contributed by atoms with E-state index in [1.54, 1.807) is 18.9 Å². The minimum absolute atomic E-state index is 0.233. The molecule has 0 spiro atoms. The van der Waals surface area contributed by atoms with Gasteiger partial charge in [-0.25, -0.2) is 4.98 Å². The highest BCUT2D eigenvalue weighted by molar-refractivity contribution is 5.32. The molecule has 6 nitrogen and oxygen atoms in total. The second-order valence-corrected chi connectivity index (χ2v) is 4.28. The standard InChI is InChI=1S/C13H14N6/c14-12(6-10-7-15-8-16-10)13-18-17-9-19(13)11-4-2-1-3-5-11/h1-5,7-9,12H,6,14H2,(H,15,16). The molecule has 6 heteroatoms. The summed E-state index contributed by atoms with van der Waals surface area (Å²) in [6.45, 7) is 0. The molecule has 0 fully saturated rings. The molecular weight excluding hydrogens is 240 g/mol. The summed E-state index contributed by atoms with van der Waals surface area (Å²) in [7, 11) is 0. The van der Waals surface area contributed by atoms with Gasteiger partial charge < -0.3 is 10.7 Å². The van der Waals surface area contributed by atoms with Crippen molar-refractivity contribution < 1.29 is 0 Å². The van der Waals surface area contributed by atoms with Crippen molar-refractivity contribution in [1.82, 2.24) is 24.7 Å². The highest BCUT2D eigenvalue weighted by atomic mass is 15.3. The number of rotatable bonds is 4. The van der Waals surface area contributed by atoms with Crippen molar-refractivity contribution in [1.29, 1.82) is 0 Å². The Kier molecular flexibility index (Phi) is 3.07. The van der Waals surface area contributed by atoms with Gasteiger partial charge in [0.2, 0.25) is 0 Å². The van der Waals surface area contributed by atoms with Crippen molar-refractivity contribution in [2.75, 3.05) is 0 Å². The lowest BCUT2D eigenvalue weighted by atomic mass is 10.1. The predicted molar refractivity (Wildman–Crippen MR) is 70.6 cm³/mol. The first kappa shape index (κ1) is 11.6. The molecule has 1 atom stereocenters. The number of imidazole rings is 1. The molecule has 19 heavy (non-hydrogen) atoms. The Hall–Kier alpha value is -2.47. The SMILES string of the molecule is NC(Cc1cnc[nH]1)c1nncn1-c1ccccc1. The van der Waals surface area contributed by atoms with Crippen LogP contribution in [0.5, 0.6) is 0 Å². The number of para-hydroxylation sites is 1. The van der Waals surface area contributed by atoms with E-state index in [2.05, 4.69) is 20.2 Å². The third kappa shape index (κ3) is 2.38. The van der Waals surface area contributed by atoms with Crippen molar-refractivity contribution in [3.05, 3.63) is 60.7 Å². The zero-order valence-electron chi connectivity index (χ0n) is 10.3. The van der Waals surface area contributed by atoms with Crippen molar-refractivity contribution in [2.45, 2.75) is 12.5 Å². The van der Waals surface area contributed by atoms with Gasteiger partial charge in [0.25, 0.3) is 0 Å². The molecule has 0 saturated heterocycles. The molecule has 3 aromatic rings. The van der Waals surface area contributed by atoms with Crippen LogP contribution < -0.4 is 5.73 Å². The molecule has 0 amide bonds. The molecule has 0 radical (unpaired) electrons. The normalized spacial score (nSPS) is 12.5. The first-order valence-electron chi connectivity index (χ1n) is 6.03. The number of nitrogens with two attached hydrogens (primary N) is 1. The van der Waals surface area contributed by atoms with Gasteiger partial charge in [0, 0.05) is 24.0 Å². The topological polar surface area (TPSA) is 85.4 Å². The molecule has 2 aromatic heterocycles. The Labute approximate surface area is 110 Å². The fourth-order valence-corrected chi connectivity index (χ4v) is 2.01. The fourth-order valence-electron chi connectivity index (χ4n) is 2.01. The smallest absolute Gasteiger partial charge is 0.154 e. The summed E-state index contributed by atoms with van der Waals surface area (Å²) >= 11 is 0. The van der Waals surface area contributed by atoms with E-state index in [0.717, 1.165) is 17.2 Å². The second kappa shape index (κ2) is 5.03. The lowest BCUT2D eigenvalue weighted by molar-refractivity contribution is 0.642. The Morgan fingerprint density at radius 1 is 1.26 bits per heavy atom. The summed E-state index contributed by atoms with van der Waals surface area (Å²) in [6.07, 6.45) is 5.73. The van der Waals surface area contributed by atoms with Crippen molar-refractivity contribution >= 4 is 0 Å². The van der Waals surface area contributed by atoms with Crippen LogP contribution in [0.25, 0.3) is 5.69 Å². The molecule has 96 valence electrons. The van der Waals surface area contributed by atoms with Gasteiger partial charge in [0.1, 0.15) is 6.33 Å². The number of hydrogen-bond acceptors (Lipinski definition) is 4. The molecule has 1 unspecified atom stereocenters. The Balaban J connectivity index is 1.88. The van der Waals surface area contributed by atoms with Gasteiger partial charge in [-0.2, -0.15) is 0 Å². The van der Waals surface area contributed by atoms with Gasteiger partial charge in [0.05, 0.1) is 12.4 Å². The minimum atomic E-state index is -0.233. The Morgan fingerprint density at radius 2 is 2.11 bits per heavy atom. The number of nitrogens with zero attached hydrogens (tertiary/aromatic N) is 4. The Morgan fingerprint density at radius 3 is 2.84 bits per heavy atom. The van der Waals surface area contributed by atoms with Crippen LogP contribution in [0.1, 0.15) is 17.6 Å². The number of benzene rings is 1. The van der Waals surface area contributed by atoms with Gasteiger partial charge in [-0.3, -0.25) is 4.57 Å². The molecular formula is C13H14N6. The highest BCUT2D eigenvalue weighted by Crippen LogP contribution is 2.16. The fraction of sp³-hybridized carbons (Fsp3) is 0.154. The monoisotopic (exact) mass is 254 g/mol. The zero-order chi connectivity index (χ0) is 13.1. The zero-order valence-corrected chi connectivity index (χ0v) is 10.3. The number of aromatic amines is 1. The van der Waals surface area contributed by atoms with Gasteiger partial charge >= 0.3 is 0 Å². The van der Waals surface area contributed by atoms with E-state index >= 15 is 0 Å². The molecule has 3 N–H and O–H groups in total. The third-order valence-corrected chi connectivity index (χ3v) is 2.93. The predicted octanol–water partition coefficient (Wildman–Crippen LogP) is 1.23. The highest BCUT2D eigenvalue weighted by Gasteiger charge is 2.15. The summed E-state index contributed by atoms with van der Waals surface area (Å²) in [5.41, 5.74) is 8.18. The van der Waals surface area contributed by atoms with E-state index in [9.17, 15) is 0 Å². The Bertz CT molecular complexity index is 628. The maximum Gasteiger partial charge on any atom is 0.154 e. The van der Waals surface area contributed by atoms with Crippen LogP contribution in [-0.4, -0.2) is 24.7 Å². The van der Waals surface area contributed by atoms with Gasteiger partial charge in [-0.15, -0.1) is 10.2 Å². The van der Waals surface area contributed by atoms with Crippen LogP contribution in [0.3, 0.4) is 0 Å². The van der Waals surface area contributed by atoms with E-state index in [-0.39, 0.29) is 6.04 Å². The summed E-state index contributed by atoms with van der Waals surface area (Å²) in [6, 6.07) is 9.67. The van der Waals surface area contributed by atoms with Crippen molar-refractivity contribution in [2.24, 2.45) is 5.73 Å². The number of H-pyrrole nitrogens is 1. The second-order valence-electron chi connectivity index (χ2n) is 4.28. The lowest BCUT2D eigenvalue weighted by Crippen LogP contribution is -2.18. The molecule has 1 aromatic carbocycles. The van der Waals surface area contributed by atoms with Crippen molar-refractivity contribution in [3.63, 3.8) is 0 Å². The summed E-state index contributed by atoms with van der Waals surface area (Å²) in [5.74, 6) is 0.737. The van der Waals surface area contributed by atoms with E-state index in [4.69, 9.17) is 5.73 Å². The maximum absolute atomic E-state index is 6.20. The van der Waals surface area contributed by atoms with Crippen LogP contribution in [-0.2, 0) is 6.42 Å². The number of nitrogens with one attached hydrogen (secondary N) is 1. The molecule has 0 aliphatic heterocycles. The third-order valence-electron chi connectivity index (χ3n) is 2.93. The van der Waals surface area contributed by atoms with Gasteiger partial charge in [-0.05, 0) is 12.1 Å². The van der Waals surface area contributed by atoms with Crippen LogP contribution in [0.4, 0.5) is 0 Å². The first-order valence-corrected chi connectivity index (χ1v) is 6.03. The quantitative estimate of drug-likeness (QED) is 0.733. The molecule has 0 aliphatic rings. The average Bonchev–Trinajstić information content (AvgIpc) is 3.10. The van der Waals surface area contributed by atoms with E-state index in [1.807, 2.05) is 34.9 Å². The minimum Gasteiger partial charge on any atom is -0.348 e. The van der Waals surface area contributed by atoms with Gasteiger partial charge in [-0.1, -0.05) is 18.2 Å². The molecule has 2 heterocycles. The largest absolute Gasteiger partial charge is 0.348 e. The van der Waals surface area contributed by atoms with Crippen LogP contribution in [0.15, 0.2) is 49.2 Å². The van der Waals surface area contributed by atoms with E-state index < -0.39 is 0 Å². The molecule has 3 rings (SSSR count). The van der Waals surface area contributed by atoms with Crippen molar-refractivity contribution in [3.8, 4) is 5.69 Å². The van der Waals surface area contributed by atoms with E-state index in [0.29, 0.717) is 6.42 Å². The molecule has 0 bridgehead atoms. The van der Waals surface area contributed by atoms with E-state index in [1.165, 1.54) is 0 Å². The van der Waals surface area contributed by atoms with Crippen LogP contribution in [0.2, 0.25) is 0 Å². The molecule has 0 saturated carbocycles. The lowest BCUT2D eigenvalue weighted by Gasteiger charge is -2.12. The maximum atomic E-state index is 6.20. The van der Waals surface area contributed by atoms with Crippen LogP contribution >= 0.6 is 0 Å². The summed E-state index contributed by atoms with van der Waals surface area (Å²) in [5, 5.41) is 8.08. The number of aromatic nitrogens is 5. The van der Waals surface area contributed by atoms with Gasteiger partial charge in [0.15, 0.2) is 5.82 Å². The molecule has 0 aliphatic carbocycles. The van der Waals surface area contributed by atoms with Crippen LogP contribution in [0, 0.1) is 0 Å². The average molecular weight is 254 g/mol. The number of hydrogen-bond donors (Lipinski definition) is 2.